The zero-order valence-electron chi connectivity index (χ0n) is 14.3. The quantitative estimate of drug-likeness (QED) is 0.751. The average Bonchev–Trinajstić information content (AvgIpc) is 3.03. The topological polar surface area (TPSA) is 58.8 Å². The Kier molecular flexibility index (Phi) is 5.07. The van der Waals surface area contributed by atoms with E-state index in [4.69, 9.17) is 4.74 Å². The molecule has 1 saturated heterocycles. The van der Waals surface area contributed by atoms with Gasteiger partial charge in [-0.25, -0.2) is 0 Å². The van der Waals surface area contributed by atoms with Crippen LogP contribution in [0.3, 0.4) is 0 Å². The Morgan fingerprint density at radius 1 is 1.22 bits per heavy atom. The summed E-state index contributed by atoms with van der Waals surface area (Å²) in [6.07, 6.45) is 2.78. The lowest BCUT2D eigenvalue weighted by molar-refractivity contribution is 0.169. The Bertz CT molecular complexity index is 633. The minimum absolute atomic E-state index is 0.385. The van der Waals surface area contributed by atoms with Crippen LogP contribution in [0, 0.1) is 0 Å². The number of aromatic nitrogens is 4. The van der Waals surface area contributed by atoms with Gasteiger partial charge in [0.25, 0.3) is 0 Å². The highest BCUT2D eigenvalue weighted by Gasteiger charge is 2.21. The molecule has 0 radical (unpaired) electrons. The number of fused-ring (bicyclic) bond motifs is 1. The van der Waals surface area contributed by atoms with Gasteiger partial charge >= 0.3 is 0 Å². The number of anilines is 1. The number of methoxy groups -OCH3 is 1. The first-order chi connectivity index (χ1) is 11.2. The molecule has 0 aromatic carbocycles. The number of ether oxygens (including phenoxy) is 1. The molecule has 1 aliphatic heterocycles. The molecule has 3 heterocycles. The fourth-order valence-corrected chi connectivity index (χ4v) is 2.99. The van der Waals surface area contributed by atoms with Gasteiger partial charge in [0.15, 0.2) is 0 Å². The Morgan fingerprint density at radius 3 is 2.70 bits per heavy atom. The van der Waals surface area contributed by atoms with E-state index < -0.39 is 0 Å². The molecule has 3 rings (SSSR count). The van der Waals surface area contributed by atoms with Gasteiger partial charge < -0.3 is 9.64 Å². The second-order valence-corrected chi connectivity index (χ2v) is 6.38. The van der Waals surface area contributed by atoms with Crippen molar-refractivity contribution in [3.63, 3.8) is 0 Å². The third kappa shape index (κ3) is 3.61. The molecule has 2 aromatic rings. The van der Waals surface area contributed by atoms with E-state index in [1.165, 1.54) is 0 Å². The summed E-state index contributed by atoms with van der Waals surface area (Å²) in [6.45, 7) is 10.4. The van der Waals surface area contributed by atoms with Gasteiger partial charge in [0.2, 0.25) is 5.65 Å². The molecule has 1 fully saturated rings. The molecule has 0 bridgehead atoms. The van der Waals surface area contributed by atoms with Crippen molar-refractivity contribution in [3.8, 4) is 0 Å². The lowest BCUT2D eigenvalue weighted by Crippen LogP contribution is -2.47. The van der Waals surface area contributed by atoms with Crippen LogP contribution in [0.1, 0.15) is 31.9 Å². The minimum atomic E-state index is 0.385. The lowest BCUT2D eigenvalue weighted by atomic mass is 10.1. The van der Waals surface area contributed by atoms with Crippen LogP contribution in [0.4, 0.5) is 5.69 Å². The Hall–Kier alpha value is -1.73. The molecule has 126 valence electrons. The van der Waals surface area contributed by atoms with Crippen LogP contribution in [0.2, 0.25) is 0 Å². The van der Waals surface area contributed by atoms with Crippen molar-refractivity contribution in [3.05, 3.63) is 18.1 Å². The maximum atomic E-state index is 5.14. The van der Waals surface area contributed by atoms with Gasteiger partial charge in [-0.3, -0.25) is 4.90 Å². The highest BCUT2D eigenvalue weighted by atomic mass is 16.5. The Balaban J connectivity index is 1.72. The van der Waals surface area contributed by atoms with Gasteiger partial charge in [-0.2, -0.15) is 9.61 Å². The molecule has 0 amide bonds. The largest absolute Gasteiger partial charge is 0.385 e. The summed E-state index contributed by atoms with van der Waals surface area (Å²) in [7, 11) is 1.76. The fraction of sp³-hybridized carbons (Fsp3) is 0.688. The number of hydrogen-bond donors (Lipinski definition) is 0. The predicted octanol–water partition coefficient (Wildman–Crippen LogP) is 1.41. The molecule has 7 heteroatoms. The summed E-state index contributed by atoms with van der Waals surface area (Å²) in [6, 6.07) is 2.18. The maximum absolute atomic E-state index is 5.14. The molecule has 0 unspecified atom stereocenters. The van der Waals surface area contributed by atoms with E-state index in [2.05, 4.69) is 45.0 Å². The van der Waals surface area contributed by atoms with Gasteiger partial charge in [0, 0.05) is 46.4 Å². The molecule has 0 aliphatic carbocycles. The number of hydrogen-bond acceptors (Lipinski definition) is 6. The Labute approximate surface area is 137 Å². The van der Waals surface area contributed by atoms with Crippen LogP contribution in [0.5, 0.6) is 0 Å². The van der Waals surface area contributed by atoms with Gasteiger partial charge in [-0.05, 0) is 18.4 Å². The van der Waals surface area contributed by atoms with Crippen molar-refractivity contribution in [2.24, 2.45) is 0 Å². The molecular weight excluding hydrogens is 292 g/mol. The van der Waals surface area contributed by atoms with Gasteiger partial charge in [0.05, 0.1) is 11.4 Å². The monoisotopic (exact) mass is 318 g/mol. The maximum Gasteiger partial charge on any atom is 0.200 e. The second-order valence-electron chi connectivity index (χ2n) is 6.38. The fourth-order valence-electron chi connectivity index (χ4n) is 2.99. The summed E-state index contributed by atoms with van der Waals surface area (Å²) in [5.41, 5.74) is 3.08. The zero-order valence-corrected chi connectivity index (χ0v) is 14.3. The number of rotatable bonds is 6. The van der Waals surface area contributed by atoms with Crippen LogP contribution >= 0.6 is 0 Å². The summed E-state index contributed by atoms with van der Waals surface area (Å²) in [5, 5.41) is 12.9. The van der Waals surface area contributed by atoms with E-state index in [1.54, 1.807) is 18.0 Å². The molecule has 1 aliphatic rings. The molecular formula is C16H26N6O. The van der Waals surface area contributed by atoms with Crippen molar-refractivity contribution in [1.29, 1.82) is 0 Å². The standard InChI is InChI=1S/C16H26N6O/c1-13(2)14-11-15(16-18-17-12-22(16)19-14)21-8-6-20(7-9-21)5-4-10-23-3/h11-13H,4-10H2,1-3H3. The summed E-state index contributed by atoms with van der Waals surface area (Å²) in [5.74, 6) is 0.385. The molecule has 7 nitrogen and oxygen atoms in total. The molecule has 0 saturated carbocycles. The van der Waals surface area contributed by atoms with E-state index in [9.17, 15) is 0 Å². The van der Waals surface area contributed by atoms with Crippen molar-refractivity contribution >= 4 is 11.3 Å². The van der Waals surface area contributed by atoms with Gasteiger partial charge in [-0.1, -0.05) is 13.8 Å². The second kappa shape index (κ2) is 7.23. The first-order valence-electron chi connectivity index (χ1n) is 8.36. The average molecular weight is 318 g/mol. The molecule has 0 spiro atoms. The zero-order chi connectivity index (χ0) is 16.2. The Morgan fingerprint density at radius 2 is 2.00 bits per heavy atom. The van der Waals surface area contributed by atoms with Gasteiger partial charge in [-0.15, -0.1) is 10.2 Å². The highest BCUT2D eigenvalue weighted by Crippen LogP contribution is 2.24. The van der Waals surface area contributed by atoms with Crippen LogP contribution in [0.15, 0.2) is 12.4 Å². The normalized spacial score (nSPS) is 16.6. The van der Waals surface area contributed by atoms with Crippen molar-refractivity contribution in [2.45, 2.75) is 26.2 Å². The van der Waals surface area contributed by atoms with E-state index >= 15 is 0 Å². The summed E-state index contributed by atoms with van der Waals surface area (Å²) >= 11 is 0. The first-order valence-corrected chi connectivity index (χ1v) is 8.36. The van der Waals surface area contributed by atoms with Crippen LogP contribution in [-0.2, 0) is 4.74 Å². The van der Waals surface area contributed by atoms with Crippen molar-refractivity contribution < 1.29 is 4.74 Å². The summed E-state index contributed by atoms with van der Waals surface area (Å²) < 4.78 is 6.94. The predicted molar refractivity (Wildman–Crippen MR) is 90.0 cm³/mol. The molecule has 23 heavy (non-hydrogen) atoms. The van der Waals surface area contributed by atoms with Crippen LogP contribution in [-0.4, -0.2) is 71.2 Å². The number of piperazine rings is 1. The van der Waals surface area contributed by atoms with E-state index in [0.29, 0.717) is 5.92 Å². The van der Waals surface area contributed by atoms with E-state index in [-0.39, 0.29) is 0 Å². The molecule has 2 aromatic heterocycles. The van der Waals surface area contributed by atoms with E-state index in [0.717, 1.165) is 62.8 Å². The van der Waals surface area contributed by atoms with Crippen LogP contribution < -0.4 is 4.90 Å². The van der Waals surface area contributed by atoms with E-state index in [1.807, 2.05) is 0 Å². The summed E-state index contributed by atoms with van der Waals surface area (Å²) in [4.78, 5) is 4.91. The SMILES string of the molecule is COCCCN1CCN(c2cc(C(C)C)nn3cnnc23)CC1. The van der Waals surface area contributed by atoms with Gasteiger partial charge in [0.1, 0.15) is 6.33 Å². The molecule has 0 atom stereocenters. The minimum Gasteiger partial charge on any atom is -0.385 e. The third-order valence-electron chi connectivity index (χ3n) is 4.39. The smallest absolute Gasteiger partial charge is 0.200 e. The van der Waals surface area contributed by atoms with Crippen molar-refractivity contribution in [1.82, 2.24) is 24.7 Å². The highest BCUT2D eigenvalue weighted by molar-refractivity contribution is 5.68. The van der Waals surface area contributed by atoms with Crippen molar-refractivity contribution in [2.75, 3.05) is 51.3 Å². The van der Waals surface area contributed by atoms with Crippen LogP contribution in [0.25, 0.3) is 5.65 Å². The number of nitrogens with zero attached hydrogens (tertiary/aromatic N) is 6. The lowest BCUT2D eigenvalue weighted by Gasteiger charge is -2.36. The first kappa shape index (κ1) is 16.1. The third-order valence-corrected chi connectivity index (χ3v) is 4.39. The molecule has 0 N–H and O–H groups in total.